The molecule has 1 aliphatic heterocycles. The Kier molecular flexibility index (Phi) is 3.25. The van der Waals surface area contributed by atoms with E-state index >= 15 is 0 Å². The summed E-state index contributed by atoms with van der Waals surface area (Å²) in [4.78, 5) is 7.15. The fourth-order valence-corrected chi connectivity index (χ4v) is 2.82. The van der Waals surface area contributed by atoms with Crippen molar-refractivity contribution in [3.05, 3.63) is 23.4 Å². The van der Waals surface area contributed by atoms with Gasteiger partial charge in [-0.25, -0.2) is 4.98 Å². The Morgan fingerprint density at radius 2 is 2.22 bits per heavy atom. The second kappa shape index (κ2) is 4.88. The van der Waals surface area contributed by atoms with Gasteiger partial charge in [0.15, 0.2) is 0 Å². The smallest absolute Gasteiger partial charge is 0.131 e. The van der Waals surface area contributed by atoms with Gasteiger partial charge in [-0.05, 0) is 56.7 Å². The van der Waals surface area contributed by atoms with Gasteiger partial charge < -0.3 is 10.2 Å². The quantitative estimate of drug-likeness (QED) is 0.884. The number of rotatable bonds is 4. The summed E-state index contributed by atoms with van der Waals surface area (Å²) in [6.45, 7) is 6.62. The summed E-state index contributed by atoms with van der Waals surface area (Å²) < 4.78 is 0. The first-order chi connectivity index (χ1) is 8.74. The van der Waals surface area contributed by atoms with Crippen molar-refractivity contribution in [2.75, 3.05) is 11.4 Å². The van der Waals surface area contributed by atoms with Crippen molar-refractivity contribution >= 4 is 5.82 Å². The van der Waals surface area contributed by atoms with Crippen LogP contribution in [0.1, 0.15) is 43.7 Å². The first-order valence-electron chi connectivity index (χ1n) is 7.19. The summed E-state index contributed by atoms with van der Waals surface area (Å²) >= 11 is 0. The zero-order valence-corrected chi connectivity index (χ0v) is 11.4. The fourth-order valence-electron chi connectivity index (χ4n) is 2.82. The second-order valence-corrected chi connectivity index (χ2v) is 5.82. The molecular weight excluding hydrogens is 222 g/mol. The molecule has 1 aromatic heterocycles. The lowest BCUT2D eigenvalue weighted by molar-refractivity contribution is 0.683. The molecule has 3 heteroatoms. The zero-order chi connectivity index (χ0) is 12.5. The number of aromatic nitrogens is 1. The maximum Gasteiger partial charge on any atom is 0.131 e. The molecule has 1 saturated heterocycles. The number of anilines is 1. The lowest BCUT2D eigenvalue weighted by Gasteiger charge is -2.24. The van der Waals surface area contributed by atoms with Crippen LogP contribution < -0.4 is 10.2 Å². The third-order valence-corrected chi connectivity index (χ3v) is 4.10. The van der Waals surface area contributed by atoms with Gasteiger partial charge in [-0.1, -0.05) is 0 Å². The maximum absolute atomic E-state index is 4.69. The van der Waals surface area contributed by atoms with E-state index in [0.29, 0.717) is 6.04 Å². The van der Waals surface area contributed by atoms with Crippen molar-refractivity contribution < 1.29 is 0 Å². The van der Waals surface area contributed by atoms with E-state index < -0.39 is 0 Å². The Balaban J connectivity index is 1.71. The zero-order valence-electron chi connectivity index (χ0n) is 11.4. The number of pyridine rings is 1. The molecule has 0 radical (unpaired) electrons. The highest BCUT2D eigenvalue weighted by Gasteiger charge is 2.23. The van der Waals surface area contributed by atoms with Crippen LogP contribution >= 0.6 is 0 Å². The normalized spacial score (nSPS) is 23.7. The van der Waals surface area contributed by atoms with Crippen LogP contribution in [0.25, 0.3) is 0 Å². The number of nitrogens with zero attached hydrogens (tertiary/aromatic N) is 2. The largest absolute Gasteiger partial charge is 0.354 e. The highest BCUT2D eigenvalue weighted by molar-refractivity contribution is 5.49. The Hall–Kier alpha value is -1.09. The van der Waals surface area contributed by atoms with Gasteiger partial charge in [0.2, 0.25) is 0 Å². The Bertz CT molecular complexity index is 426. The van der Waals surface area contributed by atoms with Crippen molar-refractivity contribution in [2.24, 2.45) is 0 Å². The van der Waals surface area contributed by atoms with Crippen LogP contribution in [0, 0.1) is 6.92 Å². The molecule has 1 aromatic rings. The third-order valence-electron chi connectivity index (χ3n) is 4.10. The van der Waals surface area contributed by atoms with Crippen LogP contribution in [0.3, 0.4) is 0 Å². The summed E-state index contributed by atoms with van der Waals surface area (Å²) in [5.74, 6) is 1.19. The van der Waals surface area contributed by atoms with Crippen molar-refractivity contribution in [1.29, 1.82) is 0 Å². The van der Waals surface area contributed by atoms with Crippen LogP contribution in [0.2, 0.25) is 0 Å². The molecule has 0 spiro atoms. The summed E-state index contributed by atoms with van der Waals surface area (Å²) in [6.07, 6.45) is 7.33. The molecule has 3 rings (SSSR count). The minimum Gasteiger partial charge on any atom is -0.354 e. The molecule has 1 atom stereocenters. The average molecular weight is 245 g/mol. The highest BCUT2D eigenvalue weighted by Crippen LogP contribution is 2.27. The highest BCUT2D eigenvalue weighted by atomic mass is 15.2. The Morgan fingerprint density at radius 1 is 1.39 bits per heavy atom. The molecule has 3 nitrogen and oxygen atoms in total. The molecule has 0 bridgehead atoms. The molecular formula is C15H23N3. The predicted octanol–water partition coefficient (Wildman–Crippen LogP) is 2.63. The SMILES string of the molecule is Cc1cc(CNC2CC2)cnc1N1CCCC1C. The molecule has 2 heterocycles. The molecule has 0 aromatic carbocycles. The summed E-state index contributed by atoms with van der Waals surface area (Å²) in [5.41, 5.74) is 2.63. The summed E-state index contributed by atoms with van der Waals surface area (Å²) in [5, 5.41) is 3.54. The first kappa shape index (κ1) is 12.0. The Labute approximate surface area is 110 Å². The van der Waals surface area contributed by atoms with Crippen molar-refractivity contribution in [2.45, 2.75) is 58.2 Å². The minimum absolute atomic E-state index is 0.645. The molecule has 1 aliphatic carbocycles. The molecule has 18 heavy (non-hydrogen) atoms. The third kappa shape index (κ3) is 2.51. The van der Waals surface area contributed by atoms with E-state index in [1.54, 1.807) is 0 Å². The Morgan fingerprint density at radius 3 is 2.83 bits per heavy atom. The van der Waals surface area contributed by atoms with Gasteiger partial charge >= 0.3 is 0 Å². The number of hydrogen-bond acceptors (Lipinski definition) is 3. The van der Waals surface area contributed by atoms with E-state index in [-0.39, 0.29) is 0 Å². The van der Waals surface area contributed by atoms with Crippen molar-refractivity contribution in [3.63, 3.8) is 0 Å². The molecule has 98 valence electrons. The lowest BCUT2D eigenvalue weighted by atomic mass is 10.2. The van der Waals surface area contributed by atoms with Crippen LogP contribution in [0.4, 0.5) is 5.82 Å². The lowest BCUT2D eigenvalue weighted by Crippen LogP contribution is -2.28. The van der Waals surface area contributed by atoms with Gasteiger partial charge in [0, 0.05) is 31.4 Å². The molecule has 1 N–H and O–H groups in total. The maximum atomic E-state index is 4.69. The average Bonchev–Trinajstić information content (AvgIpc) is 3.09. The van der Waals surface area contributed by atoms with Crippen LogP contribution in [0.15, 0.2) is 12.3 Å². The molecule has 2 fully saturated rings. The van der Waals surface area contributed by atoms with Gasteiger partial charge in [-0.2, -0.15) is 0 Å². The van der Waals surface area contributed by atoms with E-state index in [9.17, 15) is 0 Å². The van der Waals surface area contributed by atoms with E-state index in [0.717, 1.165) is 19.1 Å². The van der Waals surface area contributed by atoms with E-state index in [1.165, 1.54) is 42.6 Å². The van der Waals surface area contributed by atoms with Crippen LogP contribution in [-0.2, 0) is 6.54 Å². The second-order valence-electron chi connectivity index (χ2n) is 5.82. The van der Waals surface area contributed by atoms with Crippen LogP contribution in [0.5, 0.6) is 0 Å². The molecule has 2 aliphatic rings. The van der Waals surface area contributed by atoms with Gasteiger partial charge in [0.25, 0.3) is 0 Å². The fraction of sp³-hybridized carbons (Fsp3) is 0.667. The van der Waals surface area contributed by atoms with Gasteiger partial charge in [-0.3, -0.25) is 0 Å². The van der Waals surface area contributed by atoms with Gasteiger partial charge in [0.05, 0.1) is 0 Å². The minimum atomic E-state index is 0.645. The standard InChI is InChI=1S/C15H23N3/c1-11-8-13(9-16-14-5-6-14)10-17-15(11)18-7-3-4-12(18)2/h8,10,12,14,16H,3-7,9H2,1-2H3. The van der Waals surface area contributed by atoms with Crippen molar-refractivity contribution in [3.8, 4) is 0 Å². The number of hydrogen-bond donors (Lipinski definition) is 1. The molecule has 1 unspecified atom stereocenters. The summed E-state index contributed by atoms with van der Waals surface area (Å²) in [7, 11) is 0. The van der Waals surface area contributed by atoms with E-state index in [2.05, 4.69) is 30.1 Å². The molecule has 0 amide bonds. The number of nitrogens with one attached hydrogen (secondary N) is 1. The van der Waals surface area contributed by atoms with Crippen molar-refractivity contribution in [1.82, 2.24) is 10.3 Å². The predicted molar refractivity (Wildman–Crippen MR) is 74.9 cm³/mol. The van der Waals surface area contributed by atoms with Crippen LogP contribution in [-0.4, -0.2) is 23.6 Å². The van der Waals surface area contributed by atoms with Gasteiger partial charge in [0.1, 0.15) is 5.82 Å². The van der Waals surface area contributed by atoms with E-state index in [1.807, 2.05) is 6.20 Å². The monoisotopic (exact) mass is 245 g/mol. The number of aryl methyl sites for hydroxylation is 1. The van der Waals surface area contributed by atoms with E-state index in [4.69, 9.17) is 4.98 Å². The topological polar surface area (TPSA) is 28.2 Å². The molecule has 1 saturated carbocycles. The first-order valence-corrected chi connectivity index (χ1v) is 7.19. The summed E-state index contributed by atoms with van der Waals surface area (Å²) in [6, 6.07) is 3.71. The van der Waals surface area contributed by atoms with Gasteiger partial charge in [-0.15, -0.1) is 0 Å².